The topological polar surface area (TPSA) is 58.3 Å². The number of phenols is 1. The molecule has 2 N–H and O–H groups in total. The minimum Gasteiger partial charge on any atom is -0.508 e. The molecule has 0 fully saturated rings. The molecule has 3 aromatic rings. The maximum Gasteiger partial charge on any atom is 0.116 e. The fourth-order valence-corrected chi connectivity index (χ4v) is 4.03. The van der Waals surface area contributed by atoms with E-state index in [1.165, 1.54) is 5.57 Å². The van der Waals surface area contributed by atoms with Gasteiger partial charge in [0.1, 0.15) is 11.4 Å². The molecule has 0 radical (unpaired) electrons. The highest BCUT2D eigenvalue weighted by Crippen LogP contribution is 2.39. The Hall–Kier alpha value is -2.82. The number of aromatic nitrogens is 2. The Kier molecular flexibility index (Phi) is 5.31. The summed E-state index contributed by atoms with van der Waals surface area (Å²) in [5.74, 6) is 0.488. The molecule has 0 saturated heterocycles. The number of nitrogens with zero attached hydrogens (tertiary/aromatic N) is 2. The van der Waals surface area contributed by atoms with Crippen LogP contribution in [-0.4, -0.2) is 20.0 Å². The lowest BCUT2D eigenvalue weighted by Gasteiger charge is -2.23. The van der Waals surface area contributed by atoms with Gasteiger partial charge in [0.15, 0.2) is 0 Å². The van der Waals surface area contributed by atoms with Gasteiger partial charge in [-0.15, -0.1) is 0 Å². The third-order valence-corrected chi connectivity index (χ3v) is 5.77. The van der Waals surface area contributed by atoms with Crippen molar-refractivity contribution < 1.29 is 10.2 Å². The molecule has 30 heavy (non-hydrogen) atoms. The molecule has 1 aliphatic carbocycles. The van der Waals surface area contributed by atoms with Crippen LogP contribution in [0.4, 0.5) is 0 Å². The van der Waals surface area contributed by atoms with Crippen molar-refractivity contribution in [1.82, 2.24) is 9.78 Å². The van der Waals surface area contributed by atoms with E-state index in [4.69, 9.17) is 16.7 Å². The molecular formula is C25H25ClN2O2. The Labute approximate surface area is 181 Å². The van der Waals surface area contributed by atoms with Gasteiger partial charge < -0.3 is 10.2 Å². The first-order valence-corrected chi connectivity index (χ1v) is 10.4. The largest absolute Gasteiger partial charge is 0.508 e. The predicted octanol–water partition coefficient (Wildman–Crippen LogP) is 5.97. The quantitative estimate of drug-likeness (QED) is 0.547. The van der Waals surface area contributed by atoms with Crippen LogP contribution in [0, 0.1) is 5.92 Å². The van der Waals surface area contributed by atoms with Crippen molar-refractivity contribution in [3.8, 4) is 11.4 Å². The van der Waals surface area contributed by atoms with Gasteiger partial charge in [0.25, 0.3) is 0 Å². The number of para-hydroxylation sites is 1. The van der Waals surface area contributed by atoms with Crippen molar-refractivity contribution in [3.05, 3.63) is 88.7 Å². The number of allylic oxidation sites excluding steroid dienone is 4. The van der Waals surface area contributed by atoms with E-state index in [0.29, 0.717) is 10.7 Å². The van der Waals surface area contributed by atoms with Crippen LogP contribution in [0.1, 0.15) is 44.1 Å². The van der Waals surface area contributed by atoms with E-state index in [2.05, 4.69) is 19.1 Å². The Morgan fingerprint density at radius 1 is 1.07 bits per heavy atom. The lowest BCUT2D eigenvalue weighted by atomic mass is 9.84. The summed E-state index contributed by atoms with van der Waals surface area (Å²) in [5, 5.41) is 25.7. The molecule has 0 spiro atoms. The van der Waals surface area contributed by atoms with Crippen LogP contribution in [0.15, 0.2) is 66.7 Å². The summed E-state index contributed by atoms with van der Waals surface area (Å²) in [4.78, 5) is 0. The fourth-order valence-electron chi connectivity index (χ4n) is 3.81. The lowest BCUT2D eigenvalue weighted by molar-refractivity contribution is 0.0734. The first kappa shape index (κ1) is 20.5. The molecule has 1 atom stereocenters. The number of phenolic OH excluding ortho intramolecular Hbond substituents is 1. The molecule has 4 nitrogen and oxygen atoms in total. The summed E-state index contributed by atoms with van der Waals surface area (Å²) in [5.41, 5.74) is 4.54. The zero-order chi connectivity index (χ0) is 21.5. The number of hydrogen-bond acceptors (Lipinski definition) is 3. The van der Waals surface area contributed by atoms with Crippen LogP contribution >= 0.6 is 11.6 Å². The van der Waals surface area contributed by atoms with Crippen LogP contribution < -0.4 is 0 Å². The highest BCUT2D eigenvalue weighted by Gasteiger charge is 2.27. The average Bonchev–Trinajstić information content (AvgIpc) is 3.13. The average molecular weight is 421 g/mol. The highest BCUT2D eigenvalue weighted by atomic mass is 35.5. The summed E-state index contributed by atoms with van der Waals surface area (Å²) in [7, 11) is 0. The van der Waals surface area contributed by atoms with E-state index >= 15 is 0 Å². The van der Waals surface area contributed by atoms with Crippen molar-refractivity contribution in [2.24, 2.45) is 5.92 Å². The van der Waals surface area contributed by atoms with Gasteiger partial charge in [-0.3, -0.25) is 0 Å². The molecule has 1 unspecified atom stereocenters. The Balaban J connectivity index is 1.83. The number of hydrogen-bond donors (Lipinski definition) is 2. The van der Waals surface area contributed by atoms with E-state index in [0.717, 1.165) is 28.9 Å². The monoisotopic (exact) mass is 420 g/mol. The maximum absolute atomic E-state index is 10.6. The van der Waals surface area contributed by atoms with Crippen LogP contribution in [0.2, 0.25) is 5.02 Å². The van der Waals surface area contributed by atoms with Crippen LogP contribution in [0.3, 0.4) is 0 Å². The second kappa shape index (κ2) is 7.78. The van der Waals surface area contributed by atoms with Crippen LogP contribution in [0.5, 0.6) is 5.75 Å². The molecule has 0 saturated carbocycles. The number of aliphatic hydroxyl groups is 1. The van der Waals surface area contributed by atoms with Gasteiger partial charge in [0, 0.05) is 0 Å². The standard InChI is InChI=1S/C25H25ClN2O2/c1-16-13-18(17-7-6-8-19(29)14-17)11-12-20(16)23-15-24(25(2,3)30)27-28(23)22-10-5-4-9-21(22)26/h4-12,14-16,29-30H,13H2,1-3H3. The van der Waals surface area contributed by atoms with Gasteiger partial charge in [-0.25, -0.2) is 4.68 Å². The lowest BCUT2D eigenvalue weighted by Crippen LogP contribution is -2.16. The van der Waals surface area contributed by atoms with Crippen LogP contribution in [0.25, 0.3) is 16.8 Å². The van der Waals surface area contributed by atoms with Gasteiger partial charge in [-0.2, -0.15) is 5.10 Å². The molecule has 0 bridgehead atoms. The molecular weight excluding hydrogens is 396 g/mol. The minimum absolute atomic E-state index is 0.222. The molecule has 0 aliphatic heterocycles. The van der Waals surface area contributed by atoms with Crippen LogP contribution in [-0.2, 0) is 5.60 Å². The second-order valence-corrected chi connectivity index (χ2v) is 8.71. The van der Waals surface area contributed by atoms with Gasteiger partial charge >= 0.3 is 0 Å². The number of aromatic hydroxyl groups is 1. The second-order valence-electron chi connectivity index (χ2n) is 8.31. The Bertz CT molecular complexity index is 1150. The van der Waals surface area contributed by atoms with E-state index < -0.39 is 5.60 Å². The van der Waals surface area contributed by atoms with Crippen molar-refractivity contribution in [2.75, 3.05) is 0 Å². The molecule has 4 rings (SSSR count). The van der Waals surface area contributed by atoms with Gasteiger partial charge in [-0.1, -0.05) is 54.9 Å². The summed E-state index contributed by atoms with van der Waals surface area (Å²) in [6, 6.07) is 16.9. The van der Waals surface area contributed by atoms with Gasteiger partial charge in [-0.05, 0) is 73.2 Å². The number of rotatable bonds is 4. The van der Waals surface area contributed by atoms with E-state index in [1.54, 1.807) is 26.0 Å². The summed E-state index contributed by atoms with van der Waals surface area (Å²) in [6.45, 7) is 5.64. The third kappa shape index (κ3) is 3.93. The van der Waals surface area contributed by atoms with Crippen molar-refractivity contribution in [2.45, 2.75) is 32.8 Å². The highest BCUT2D eigenvalue weighted by molar-refractivity contribution is 6.32. The zero-order valence-corrected chi connectivity index (χ0v) is 18.1. The van der Waals surface area contributed by atoms with E-state index in [1.807, 2.05) is 47.1 Å². The molecule has 1 heterocycles. The normalized spacial score (nSPS) is 16.9. The maximum atomic E-state index is 10.6. The number of benzene rings is 2. The van der Waals surface area contributed by atoms with Gasteiger partial charge in [0.2, 0.25) is 0 Å². The smallest absolute Gasteiger partial charge is 0.116 e. The summed E-state index contributed by atoms with van der Waals surface area (Å²) in [6.07, 6.45) is 5.03. The van der Waals surface area contributed by atoms with Crippen molar-refractivity contribution >= 4 is 22.7 Å². The summed E-state index contributed by atoms with van der Waals surface area (Å²) < 4.78 is 1.82. The molecule has 2 aromatic carbocycles. The van der Waals surface area contributed by atoms with Crippen molar-refractivity contribution in [1.29, 1.82) is 0 Å². The van der Waals surface area contributed by atoms with E-state index in [-0.39, 0.29) is 11.7 Å². The third-order valence-electron chi connectivity index (χ3n) is 5.45. The first-order chi connectivity index (χ1) is 14.2. The number of halogens is 1. The molecule has 5 heteroatoms. The van der Waals surface area contributed by atoms with Crippen molar-refractivity contribution in [3.63, 3.8) is 0 Å². The first-order valence-electron chi connectivity index (χ1n) is 10.0. The zero-order valence-electron chi connectivity index (χ0n) is 17.3. The molecule has 0 amide bonds. The summed E-state index contributed by atoms with van der Waals surface area (Å²) >= 11 is 6.47. The predicted molar refractivity (Wildman–Crippen MR) is 122 cm³/mol. The molecule has 1 aliphatic rings. The Morgan fingerprint density at radius 2 is 1.83 bits per heavy atom. The van der Waals surface area contributed by atoms with E-state index in [9.17, 15) is 10.2 Å². The molecule has 1 aromatic heterocycles. The van der Waals surface area contributed by atoms with Gasteiger partial charge in [0.05, 0.1) is 22.1 Å². The Morgan fingerprint density at radius 3 is 2.50 bits per heavy atom. The fraction of sp³-hybridized carbons (Fsp3) is 0.240. The minimum atomic E-state index is -1.07. The molecule has 154 valence electrons. The SMILES string of the molecule is CC1CC(c2cccc(O)c2)=CC=C1c1cc(C(C)(C)O)nn1-c1ccccc1Cl.